The van der Waals surface area contributed by atoms with Gasteiger partial charge in [0.25, 0.3) is 0 Å². The molecule has 0 atom stereocenters. The average molecular weight is 355 g/mol. The Kier molecular flexibility index (Phi) is 5.15. The molecule has 0 unspecified atom stereocenters. The Bertz CT molecular complexity index is 445. The van der Waals surface area contributed by atoms with Crippen LogP contribution in [-0.2, 0) is 4.74 Å². The molecule has 1 aliphatic heterocycles. The maximum Gasteiger partial charge on any atom is 0.573 e. The summed E-state index contributed by atoms with van der Waals surface area (Å²) in [7, 11) is 0. The van der Waals surface area contributed by atoms with Crippen LogP contribution in [0.4, 0.5) is 13.2 Å². The van der Waals surface area contributed by atoms with Crippen molar-refractivity contribution in [3.63, 3.8) is 0 Å². The zero-order valence-electron chi connectivity index (χ0n) is 10.6. The monoisotopic (exact) mass is 354 g/mol. The Morgan fingerprint density at radius 2 is 1.95 bits per heavy atom. The van der Waals surface area contributed by atoms with Crippen molar-refractivity contribution in [1.29, 1.82) is 0 Å². The summed E-state index contributed by atoms with van der Waals surface area (Å²) in [5.41, 5.74) is 0. The summed E-state index contributed by atoms with van der Waals surface area (Å²) in [5, 5.41) is 0. The maximum absolute atomic E-state index is 12.2. The smallest absolute Gasteiger partial charge is 0.493 e. The third kappa shape index (κ3) is 4.86. The minimum absolute atomic E-state index is 0.230. The van der Waals surface area contributed by atoms with Gasteiger partial charge < -0.3 is 14.2 Å². The van der Waals surface area contributed by atoms with Crippen molar-refractivity contribution < 1.29 is 27.4 Å². The van der Waals surface area contributed by atoms with Gasteiger partial charge in [-0.15, -0.1) is 13.2 Å². The number of ether oxygens (including phenoxy) is 3. The van der Waals surface area contributed by atoms with Crippen molar-refractivity contribution in [2.45, 2.75) is 19.2 Å². The fraction of sp³-hybridized carbons (Fsp3) is 0.538. The summed E-state index contributed by atoms with van der Waals surface area (Å²) >= 11 is 3.01. The first-order valence-electron chi connectivity index (χ1n) is 6.20. The molecule has 0 aromatic heterocycles. The first kappa shape index (κ1) is 15.4. The predicted molar refractivity (Wildman–Crippen MR) is 69.9 cm³/mol. The molecule has 1 aliphatic rings. The summed E-state index contributed by atoms with van der Waals surface area (Å²) in [5.74, 6) is 0.431. The molecule has 3 nitrogen and oxygen atoms in total. The normalized spacial score (nSPS) is 17.0. The van der Waals surface area contributed by atoms with Crippen LogP contribution >= 0.6 is 15.9 Å². The molecule has 20 heavy (non-hydrogen) atoms. The van der Waals surface area contributed by atoms with Gasteiger partial charge in [0.15, 0.2) is 0 Å². The van der Waals surface area contributed by atoms with Gasteiger partial charge in [-0.05, 0) is 46.8 Å². The van der Waals surface area contributed by atoms with E-state index >= 15 is 0 Å². The Morgan fingerprint density at radius 3 is 2.60 bits per heavy atom. The van der Waals surface area contributed by atoms with Gasteiger partial charge in [0.1, 0.15) is 11.5 Å². The van der Waals surface area contributed by atoms with Gasteiger partial charge in [-0.3, -0.25) is 0 Å². The van der Waals surface area contributed by atoms with Crippen molar-refractivity contribution in [2.75, 3.05) is 19.8 Å². The van der Waals surface area contributed by atoms with Crippen LogP contribution in [0.5, 0.6) is 11.5 Å². The van der Waals surface area contributed by atoms with Gasteiger partial charge >= 0.3 is 6.36 Å². The molecule has 1 aromatic rings. The minimum Gasteiger partial charge on any atom is -0.493 e. The fourth-order valence-electron chi connectivity index (χ4n) is 1.90. The quantitative estimate of drug-likeness (QED) is 0.812. The molecule has 1 heterocycles. The minimum atomic E-state index is -4.72. The molecule has 112 valence electrons. The number of hydrogen-bond acceptors (Lipinski definition) is 3. The number of halogens is 4. The summed E-state index contributed by atoms with van der Waals surface area (Å²) in [6.45, 7) is 1.88. The van der Waals surface area contributed by atoms with Crippen LogP contribution in [-0.4, -0.2) is 26.2 Å². The molecule has 0 aliphatic carbocycles. The highest BCUT2D eigenvalue weighted by atomic mass is 79.9. The van der Waals surface area contributed by atoms with E-state index in [4.69, 9.17) is 9.47 Å². The molecule has 0 spiro atoms. The maximum atomic E-state index is 12.2. The van der Waals surface area contributed by atoms with Crippen molar-refractivity contribution in [1.82, 2.24) is 0 Å². The Hall–Kier alpha value is -0.950. The molecule has 0 saturated carbocycles. The van der Waals surface area contributed by atoms with E-state index in [0.29, 0.717) is 31.5 Å². The van der Waals surface area contributed by atoms with Crippen LogP contribution in [0.1, 0.15) is 12.8 Å². The van der Waals surface area contributed by atoms with E-state index in [2.05, 4.69) is 20.7 Å². The lowest BCUT2D eigenvalue weighted by atomic mass is 10.0. The zero-order valence-corrected chi connectivity index (χ0v) is 12.2. The summed E-state index contributed by atoms with van der Waals surface area (Å²) in [4.78, 5) is 0. The largest absolute Gasteiger partial charge is 0.573 e. The van der Waals surface area contributed by atoms with E-state index in [1.807, 2.05) is 0 Å². The predicted octanol–water partition coefficient (Wildman–Crippen LogP) is 4.15. The molecular weight excluding hydrogens is 341 g/mol. The number of rotatable bonds is 4. The number of hydrogen-bond donors (Lipinski definition) is 0. The first-order valence-corrected chi connectivity index (χ1v) is 6.99. The van der Waals surface area contributed by atoms with Gasteiger partial charge in [-0.25, -0.2) is 0 Å². The standard InChI is InChI=1S/C13H14BrF3O3/c14-11-2-1-10(7-12(11)20-13(15,16)17)19-8-9-3-5-18-6-4-9/h1-2,7,9H,3-6,8H2. The highest BCUT2D eigenvalue weighted by Crippen LogP contribution is 2.33. The second-order valence-electron chi connectivity index (χ2n) is 4.51. The molecule has 0 bridgehead atoms. The van der Waals surface area contributed by atoms with Crippen LogP contribution in [0, 0.1) is 5.92 Å². The van der Waals surface area contributed by atoms with Gasteiger partial charge in [0.2, 0.25) is 0 Å². The van der Waals surface area contributed by atoms with Crippen molar-refractivity contribution in [2.24, 2.45) is 5.92 Å². The molecule has 0 N–H and O–H groups in total. The molecule has 0 amide bonds. The second kappa shape index (κ2) is 6.67. The molecule has 2 rings (SSSR count). The van der Waals surface area contributed by atoms with E-state index in [0.717, 1.165) is 12.8 Å². The Morgan fingerprint density at radius 1 is 1.25 bits per heavy atom. The molecular formula is C13H14BrF3O3. The highest BCUT2D eigenvalue weighted by molar-refractivity contribution is 9.10. The lowest BCUT2D eigenvalue weighted by molar-refractivity contribution is -0.274. The number of benzene rings is 1. The summed E-state index contributed by atoms with van der Waals surface area (Å²) in [6, 6.07) is 4.31. The van der Waals surface area contributed by atoms with Crippen molar-refractivity contribution >= 4 is 15.9 Å². The van der Waals surface area contributed by atoms with Gasteiger partial charge in [0, 0.05) is 19.3 Å². The zero-order chi connectivity index (χ0) is 14.6. The highest BCUT2D eigenvalue weighted by Gasteiger charge is 2.32. The molecule has 7 heteroatoms. The van der Waals surface area contributed by atoms with E-state index in [-0.39, 0.29) is 10.2 Å². The van der Waals surface area contributed by atoms with E-state index < -0.39 is 6.36 Å². The van der Waals surface area contributed by atoms with E-state index in [1.165, 1.54) is 12.1 Å². The molecule has 1 fully saturated rings. The van der Waals surface area contributed by atoms with Gasteiger partial charge in [0.05, 0.1) is 11.1 Å². The first-order chi connectivity index (χ1) is 9.44. The van der Waals surface area contributed by atoms with Crippen LogP contribution in [0.25, 0.3) is 0 Å². The van der Waals surface area contributed by atoms with Crippen molar-refractivity contribution in [3.05, 3.63) is 22.7 Å². The van der Waals surface area contributed by atoms with E-state index in [9.17, 15) is 13.2 Å². The van der Waals surface area contributed by atoms with Crippen LogP contribution in [0.2, 0.25) is 0 Å². The number of alkyl halides is 3. The van der Waals surface area contributed by atoms with Gasteiger partial charge in [-0.1, -0.05) is 0 Å². The molecule has 0 radical (unpaired) electrons. The Labute approximate surface area is 123 Å². The van der Waals surface area contributed by atoms with Crippen LogP contribution < -0.4 is 9.47 Å². The molecule has 1 aromatic carbocycles. The lowest BCUT2D eigenvalue weighted by Crippen LogP contribution is -2.21. The van der Waals surface area contributed by atoms with Gasteiger partial charge in [-0.2, -0.15) is 0 Å². The van der Waals surface area contributed by atoms with Crippen LogP contribution in [0.15, 0.2) is 22.7 Å². The third-order valence-corrected chi connectivity index (χ3v) is 3.61. The van der Waals surface area contributed by atoms with Crippen LogP contribution in [0.3, 0.4) is 0 Å². The van der Waals surface area contributed by atoms with E-state index in [1.54, 1.807) is 6.07 Å². The summed E-state index contributed by atoms with van der Waals surface area (Å²) in [6.07, 6.45) is -2.91. The third-order valence-electron chi connectivity index (χ3n) is 2.95. The second-order valence-corrected chi connectivity index (χ2v) is 5.36. The fourth-order valence-corrected chi connectivity index (χ4v) is 2.23. The SMILES string of the molecule is FC(F)(F)Oc1cc(OCC2CCOCC2)ccc1Br. The lowest BCUT2D eigenvalue weighted by Gasteiger charge is -2.22. The summed E-state index contributed by atoms with van der Waals surface area (Å²) < 4.78 is 51.6. The molecule has 1 saturated heterocycles. The average Bonchev–Trinajstić information content (AvgIpc) is 2.39. The Balaban J connectivity index is 1.96. The van der Waals surface area contributed by atoms with Crippen molar-refractivity contribution in [3.8, 4) is 11.5 Å². The topological polar surface area (TPSA) is 27.7 Å².